The molecule has 6 heteroatoms. The molecule has 2 N–H and O–H groups in total. The topological polar surface area (TPSA) is 84.5 Å². The maximum absolute atomic E-state index is 12.1. The third-order valence-electron chi connectivity index (χ3n) is 3.61. The Kier molecular flexibility index (Phi) is 4.29. The SMILES string of the molecule is CC(=O)NCc1cccc(Oc2cccc3c2C(=O)NC(=O)C3)c1. The first-order valence-electron chi connectivity index (χ1n) is 7.50. The van der Waals surface area contributed by atoms with Crippen LogP contribution in [0.4, 0.5) is 0 Å². The minimum absolute atomic E-state index is 0.111. The molecule has 0 aliphatic carbocycles. The summed E-state index contributed by atoms with van der Waals surface area (Å²) in [6.45, 7) is 1.85. The molecule has 0 bridgehead atoms. The van der Waals surface area contributed by atoms with Gasteiger partial charge in [0.15, 0.2) is 0 Å². The minimum Gasteiger partial charge on any atom is -0.457 e. The second-order valence-corrected chi connectivity index (χ2v) is 5.50. The van der Waals surface area contributed by atoms with E-state index in [2.05, 4.69) is 10.6 Å². The third-order valence-corrected chi connectivity index (χ3v) is 3.61. The van der Waals surface area contributed by atoms with Crippen molar-refractivity contribution in [3.63, 3.8) is 0 Å². The van der Waals surface area contributed by atoms with Crippen molar-refractivity contribution in [1.29, 1.82) is 0 Å². The summed E-state index contributed by atoms with van der Waals surface area (Å²) in [4.78, 5) is 34.6. The first-order valence-corrected chi connectivity index (χ1v) is 7.50. The van der Waals surface area contributed by atoms with Crippen LogP contribution in [0.25, 0.3) is 0 Å². The number of amides is 3. The molecule has 1 aliphatic rings. The number of fused-ring (bicyclic) bond motifs is 1. The maximum atomic E-state index is 12.1. The number of rotatable bonds is 4. The highest BCUT2D eigenvalue weighted by Crippen LogP contribution is 2.30. The van der Waals surface area contributed by atoms with Crippen LogP contribution in [0.5, 0.6) is 11.5 Å². The van der Waals surface area contributed by atoms with E-state index in [4.69, 9.17) is 4.74 Å². The largest absolute Gasteiger partial charge is 0.457 e. The molecule has 3 amide bonds. The van der Waals surface area contributed by atoms with Crippen molar-refractivity contribution in [2.45, 2.75) is 19.9 Å². The van der Waals surface area contributed by atoms with Gasteiger partial charge in [-0.05, 0) is 29.3 Å². The van der Waals surface area contributed by atoms with Crippen molar-refractivity contribution >= 4 is 17.7 Å². The molecule has 1 aliphatic heterocycles. The molecular weight excluding hydrogens is 308 g/mol. The maximum Gasteiger partial charge on any atom is 0.261 e. The van der Waals surface area contributed by atoms with E-state index >= 15 is 0 Å². The van der Waals surface area contributed by atoms with Crippen LogP contribution in [0.2, 0.25) is 0 Å². The van der Waals surface area contributed by atoms with E-state index in [1.165, 1.54) is 6.92 Å². The van der Waals surface area contributed by atoms with Crippen LogP contribution in [0.15, 0.2) is 42.5 Å². The molecule has 0 unspecified atom stereocenters. The summed E-state index contributed by atoms with van der Waals surface area (Å²) < 4.78 is 5.85. The fourth-order valence-corrected chi connectivity index (χ4v) is 2.55. The third kappa shape index (κ3) is 3.43. The number of benzene rings is 2. The smallest absolute Gasteiger partial charge is 0.261 e. The zero-order chi connectivity index (χ0) is 17.1. The summed E-state index contributed by atoms with van der Waals surface area (Å²) in [7, 11) is 0. The summed E-state index contributed by atoms with van der Waals surface area (Å²) in [5, 5.41) is 5.02. The van der Waals surface area contributed by atoms with Crippen LogP contribution in [0.3, 0.4) is 0 Å². The van der Waals surface area contributed by atoms with Crippen LogP contribution in [-0.4, -0.2) is 17.7 Å². The molecule has 0 radical (unpaired) electrons. The molecule has 6 nitrogen and oxygen atoms in total. The van der Waals surface area contributed by atoms with E-state index in [9.17, 15) is 14.4 Å². The van der Waals surface area contributed by atoms with E-state index in [-0.39, 0.29) is 18.2 Å². The number of nitrogens with one attached hydrogen (secondary N) is 2. The van der Waals surface area contributed by atoms with E-state index in [1.54, 1.807) is 30.3 Å². The standard InChI is InChI=1S/C18H16N2O4/c1-11(21)19-10-12-4-2-6-14(8-12)24-15-7-3-5-13-9-16(22)20-18(23)17(13)15/h2-8H,9-10H2,1H3,(H,19,21)(H,20,22,23). The highest BCUT2D eigenvalue weighted by molar-refractivity contribution is 6.11. The van der Waals surface area contributed by atoms with Gasteiger partial charge in [0, 0.05) is 13.5 Å². The fourth-order valence-electron chi connectivity index (χ4n) is 2.55. The van der Waals surface area contributed by atoms with Gasteiger partial charge in [-0.15, -0.1) is 0 Å². The summed E-state index contributed by atoms with van der Waals surface area (Å²) in [6.07, 6.45) is 0.154. The Morgan fingerprint density at radius 2 is 2.00 bits per heavy atom. The van der Waals surface area contributed by atoms with Gasteiger partial charge < -0.3 is 10.1 Å². The van der Waals surface area contributed by atoms with Crippen LogP contribution in [0.1, 0.15) is 28.4 Å². The lowest BCUT2D eigenvalue weighted by Gasteiger charge is -2.18. The molecule has 24 heavy (non-hydrogen) atoms. The summed E-state index contributed by atoms with van der Waals surface area (Å²) in [5.41, 5.74) is 1.91. The van der Waals surface area contributed by atoms with Gasteiger partial charge in [-0.3, -0.25) is 19.7 Å². The number of ether oxygens (including phenoxy) is 1. The van der Waals surface area contributed by atoms with Gasteiger partial charge in [0.2, 0.25) is 11.8 Å². The summed E-state index contributed by atoms with van der Waals surface area (Å²) >= 11 is 0. The Balaban J connectivity index is 1.86. The number of carbonyl (C=O) groups excluding carboxylic acids is 3. The second kappa shape index (κ2) is 6.54. The first kappa shape index (κ1) is 15.7. The molecule has 2 aromatic rings. The molecule has 0 aromatic heterocycles. The van der Waals surface area contributed by atoms with Gasteiger partial charge in [-0.1, -0.05) is 24.3 Å². The number of hydrogen-bond acceptors (Lipinski definition) is 4. The molecule has 1 heterocycles. The molecule has 0 saturated heterocycles. The lowest BCUT2D eigenvalue weighted by Crippen LogP contribution is -2.37. The number of imide groups is 1. The zero-order valence-corrected chi connectivity index (χ0v) is 13.1. The van der Waals surface area contributed by atoms with Gasteiger partial charge >= 0.3 is 0 Å². The zero-order valence-electron chi connectivity index (χ0n) is 13.1. The summed E-state index contributed by atoms with van der Waals surface area (Å²) in [5.74, 6) is 0.0677. The van der Waals surface area contributed by atoms with Gasteiger partial charge in [-0.25, -0.2) is 0 Å². The lowest BCUT2D eigenvalue weighted by atomic mass is 9.99. The van der Waals surface area contributed by atoms with E-state index in [0.717, 1.165) is 5.56 Å². The van der Waals surface area contributed by atoms with Crippen molar-refractivity contribution in [1.82, 2.24) is 10.6 Å². The molecule has 0 atom stereocenters. The Labute approximate surface area is 138 Å². The summed E-state index contributed by atoms with van der Waals surface area (Å²) in [6, 6.07) is 12.4. The molecule has 0 fully saturated rings. The highest BCUT2D eigenvalue weighted by atomic mass is 16.5. The molecule has 0 spiro atoms. The number of carbonyl (C=O) groups is 3. The first-order chi connectivity index (χ1) is 11.5. The molecule has 3 rings (SSSR count). The predicted octanol–water partition coefficient (Wildman–Crippen LogP) is 1.93. The molecule has 122 valence electrons. The predicted molar refractivity (Wildman–Crippen MR) is 86.7 cm³/mol. The Morgan fingerprint density at radius 1 is 1.21 bits per heavy atom. The second-order valence-electron chi connectivity index (χ2n) is 5.50. The van der Waals surface area contributed by atoms with E-state index in [1.807, 2.05) is 12.1 Å². The van der Waals surface area contributed by atoms with E-state index in [0.29, 0.717) is 29.2 Å². The lowest BCUT2D eigenvalue weighted by molar-refractivity contribution is -0.120. The molecular formula is C18H16N2O4. The van der Waals surface area contributed by atoms with Gasteiger partial charge in [0.05, 0.1) is 12.0 Å². The van der Waals surface area contributed by atoms with Crippen molar-refractivity contribution < 1.29 is 19.1 Å². The normalized spacial score (nSPS) is 13.0. The monoisotopic (exact) mass is 324 g/mol. The highest BCUT2D eigenvalue weighted by Gasteiger charge is 2.26. The number of hydrogen-bond donors (Lipinski definition) is 2. The molecule has 2 aromatic carbocycles. The van der Waals surface area contributed by atoms with Crippen LogP contribution >= 0.6 is 0 Å². The van der Waals surface area contributed by atoms with Crippen molar-refractivity contribution in [2.75, 3.05) is 0 Å². The van der Waals surface area contributed by atoms with Gasteiger partial charge in [-0.2, -0.15) is 0 Å². The van der Waals surface area contributed by atoms with Crippen molar-refractivity contribution in [3.8, 4) is 11.5 Å². The average Bonchev–Trinajstić information content (AvgIpc) is 2.53. The quantitative estimate of drug-likeness (QED) is 0.842. The van der Waals surface area contributed by atoms with Gasteiger partial charge in [0.1, 0.15) is 11.5 Å². The van der Waals surface area contributed by atoms with Crippen LogP contribution in [-0.2, 0) is 22.6 Å². The van der Waals surface area contributed by atoms with E-state index < -0.39 is 5.91 Å². The Hall–Kier alpha value is -3.15. The van der Waals surface area contributed by atoms with Crippen LogP contribution in [0, 0.1) is 0 Å². The van der Waals surface area contributed by atoms with Crippen molar-refractivity contribution in [2.24, 2.45) is 0 Å². The molecule has 0 saturated carbocycles. The fraction of sp³-hybridized carbons (Fsp3) is 0.167. The minimum atomic E-state index is -0.453. The Morgan fingerprint density at radius 3 is 2.79 bits per heavy atom. The van der Waals surface area contributed by atoms with Crippen molar-refractivity contribution in [3.05, 3.63) is 59.2 Å². The van der Waals surface area contributed by atoms with Crippen LogP contribution < -0.4 is 15.4 Å². The average molecular weight is 324 g/mol. The Bertz CT molecular complexity index is 830. The van der Waals surface area contributed by atoms with Gasteiger partial charge in [0.25, 0.3) is 5.91 Å².